The van der Waals surface area contributed by atoms with Crippen LogP contribution in [0.2, 0.25) is 5.02 Å². The van der Waals surface area contributed by atoms with E-state index in [1.165, 1.54) is 19.1 Å². The number of carboxylic acid groups (broad SMARTS) is 1. The van der Waals surface area contributed by atoms with E-state index in [0.29, 0.717) is 0 Å². The van der Waals surface area contributed by atoms with Crippen LogP contribution >= 0.6 is 11.6 Å². The van der Waals surface area contributed by atoms with Crippen LogP contribution in [0.3, 0.4) is 0 Å². The van der Waals surface area contributed by atoms with E-state index in [0.717, 1.165) is 12.1 Å². The molecule has 7 heteroatoms. The SMILES string of the molecule is Cc1ccc(F)c(Nc2c(Cl)cc(N)cc2C(=O)O)c1F. The van der Waals surface area contributed by atoms with E-state index < -0.39 is 23.3 Å². The van der Waals surface area contributed by atoms with Gasteiger partial charge in [-0.05, 0) is 30.7 Å². The van der Waals surface area contributed by atoms with E-state index in [9.17, 15) is 13.6 Å². The summed E-state index contributed by atoms with van der Waals surface area (Å²) in [5.74, 6) is -3.00. The van der Waals surface area contributed by atoms with Gasteiger partial charge in [-0.2, -0.15) is 0 Å². The van der Waals surface area contributed by atoms with Crippen LogP contribution < -0.4 is 11.1 Å². The molecule has 2 rings (SSSR count). The molecule has 21 heavy (non-hydrogen) atoms. The summed E-state index contributed by atoms with van der Waals surface area (Å²) in [6.07, 6.45) is 0. The number of hydrogen-bond donors (Lipinski definition) is 3. The van der Waals surface area contributed by atoms with E-state index in [1.807, 2.05) is 0 Å². The Kier molecular flexibility index (Phi) is 3.99. The van der Waals surface area contributed by atoms with Gasteiger partial charge in [0.15, 0.2) is 5.82 Å². The zero-order chi connectivity index (χ0) is 15.7. The lowest BCUT2D eigenvalue weighted by molar-refractivity contribution is 0.0698. The Balaban J connectivity index is 2.60. The van der Waals surface area contributed by atoms with Crippen LogP contribution in [0.25, 0.3) is 0 Å². The molecule has 0 spiro atoms. The van der Waals surface area contributed by atoms with Crippen molar-refractivity contribution in [2.24, 2.45) is 0 Å². The molecule has 110 valence electrons. The number of benzene rings is 2. The molecular weight excluding hydrogens is 302 g/mol. The Morgan fingerprint density at radius 1 is 1.29 bits per heavy atom. The fraction of sp³-hybridized carbons (Fsp3) is 0.0714. The Morgan fingerprint density at radius 3 is 2.57 bits per heavy atom. The average molecular weight is 313 g/mol. The molecule has 2 aromatic carbocycles. The molecule has 0 saturated carbocycles. The second-order valence-electron chi connectivity index (χ2n) is 4.41. The van der Waals surface area contributed by atoms with Crippen LogP contribution in [0.1, 0.15) is 15.9 Å². The van der Waals surface area contributed by atoms with Crippen LogP contribution in [0.15, 0.2) is 24.3 Å². The number of anilines is 3. The number of aryl methyl sites for hydroxylation is 1. The standard InChI is InChI=1S/C14H11ClF2N2O2/c1-6-2-3-10(16)13(11(6)17)19-12-8(14(20)21)4-7(18)5-9(12)15/h2-5,19H,18H2,1H3,(H,20,21). The number of aromatic carboxylic acids is 1. The molecule has 2 aromatic rings. The topological polar surface area (TPSA) is 75.3 Å². The van der Waals surface area contributed by atoms with Crippen LogP contribution in [-0.2, 0) is 0 Å². The molecule has 0 aliphatic rings. The molecule has 0 fully saturated rings. The van der Waals surface area contributed by atoms with E-state index in [-0.39, 0.29) is 27.5 Å². The molecule has 0 saturated heterocycles. The highest BCUT2D eigenvalue weighted by atomic mass is 35.5. The molecule has 0 aromatic heterocycles. The third-order valence-electron chi connectivity index (χ3n) is 2.88. The maximum Gasteiger partial charge on any atom is 0.337 e. The number of carboxylic acids is 1. The van der Waals surface area contributed by atoms with Gasteiger partial charge in [-0.15, -0.1) is 0 Å². The average Bonchev–Trinajstić information content (AvgIpc) is 2.40. The molecule has 4 nitrogen and oxygen atoms in total. The maximum atomic E-state index is 14.0. The number of rotatable bonds is 3. The first kappa shape index (κ1) is 15.1. The minimum absolute atomic E-state index is 0.0484. The minimum atomic E-state index is -1.32. The Bertz CT molecular complexity index is 735. The fourth-order valence-electron chi connectivity index (χ4n) is 1.82. The predicted octanol–water partition coefficient (Wildman–Crippen LogP) is 3.95. The van der Waals surface area contributed by atoms with Crippen molar-refractivity contribution in [2.45, 2.75) is 6.92 Å². The second kappa shape index (κ2) is 5.57. The van der Waals surface area contributed by atoms with Crippen molar-refractivity contribution in [3.8, 4) is 0 Å². The van der Waals surface area contributed by atoms with Crippen molar-refractivity contribution >= 4 is 34.6 Å². The van der Waals surface area contributed by atoms with Gasteiger partial charge in [-0.1, -0.05) is 17.7 Å². The van der Waals surface area contributed by atoms with Crippen LogP contribution in [-0.4, -0.2) is 11.1 Å². The van der Waals surface area contributed by atoms with E-state index >= 15 is 0 Å². The summed E-state index contributed by atoms with van der Waals surface area (Å²) in [5, 5.41) is 11.5. The monoisotopic (exact) mass is 312 g/mol. The summed E-state index contributed by atoms with van der Waals surface area (Å²) in [7, 11) is 0. The molecule has 0 aliphatic carbocycles. The number of carbonyl (C=O) groups is 1. The van der Waals surface area contributed by atoms with Crippen molar-refractivity contribution in [1.82, 2.24) is 0 Å². The quantitative estimate of drug-likeness (QED) is 0.750. The third kappa shape index (κ3) is 2.90. The van der Waals surface area contributed by atoms with Crippen molar-refractivity contribution in [3.05, 3.63) is 52.0 Å². The molecule has 0 radical (unpaired) electrons. The number of nitrogen functional groups attached to an aromatic ring is 1. The van der Waals surface area contributed by atoms with Crippen LogP contribution in [0.5, 0.6) is 0 Å². The van der Waals surface area contributed by atoms with Gasteiger partial charge in [0, 0.05) is 5.69 Å². The highest BCUT2D eigenvalue weighted by molar-refractivity contribution is 6.34. The molecule has 0 unspecified atom stereocenters. The predicted molar refractivity (Wildman–Crippen MR) is 77.2 cm³/mol. The molecule has 0 atom stereocenters. The highest BCUT2D eigenvalue weighted by Gasteiger charge is 2.19. The molecule has 0 heterocycles. The number of hydrogen-bond acceptors (Lipinski definition) is 3. The molecule has 0 bridgehead atoms. The summed E-state index contributed by atoms with van der Waals surface area (Å²) >= 11 is 5.92. The summed E-state index contributed by atoms with van der Waals surface area (Å²) < 4.78 is 27.7. The van der Waals surface area contributed by atoms with Crippen LogP contribution in [0, 0.1) is 18.6 Å². The Hall–Kier alpha value is -2.34. The van der Waals surface area contributed by atoms with Crippen molar-refractivity contribution < 1.29 is 18.7 Å². The third-order valence-corrected chi connectivity index (χ3v) is 3.18. The molecule has 0 amide bonds. The molecular formula is C14H11ClF2N2O2. The van der Waals surface area contributed by atoms with Gasteiger partial charge < -0.3 is 16.2 Å². The highest BCUT2D eigenvalue weighted by Crippen LogP contribution is 2.34. The summed E-state index contributed by atoms with van der Waals surface area (Å²) in [6.45, 7) is 1.46. The second-order valence-corrected chi connectivity index (χ2v) is 4.82. The van der Waals surface area contributed by atoms with E-state index in [2.05, 4.69) is 5.32 Å². The summed E-state index contributed by atoms with van der Waals surface area (Å²) in [6, 6.07) is 4.80. The van der Waals surface area contributed by atoms with Gasteiger partial charge in [0.2, 0.25) is 0 Å². The minimum Gasteiger partial charge on any atom is -0.478 e. The van der Waals surface area contributed by atoms with Gasteiger partial charge in [0.25, 0.3) is 0 Å². The van der Waals surface area contributed by atoms with E-state index in [4.69, 9.17) is 22.4 Å². The summed E-state index contributed by atoms with van der Waals surface area (Å²) in [4.78, 5) is 11.2. The Morgan fingerprint density at radius 2 is 1.95 bits per heavy atom. The van der Waals surface area contributed by atoms with Gasteiger partial charge in [-0.25, -0.2) is 13.6 Å². The van der Waals surface area contributed by atoms with E-state index in [1.54, 1.807) is 0 Å². The zero-order valence-corrected chi connectivity index (χ0v) is 11.6. The lowest BCUT2D eigenvalue weighted by Gasteiger charge is -2.14. The Labute approximate surface area is 124 Å². The normalized spacial score (nSPS) is 10.5. The fourth-order valence-corrected chi connectivity index (χ4v) is 2.09. The lowest BCUT2D eigenvalue weighted by Crippen LogP contribution is -2.07. The first-order valence-corrected chi connectivity index (χ1v) is 6.23. The summed E-state index contributed by atoms with van der Waals surface area (Å²) in [5.41, 5.74) is 4.99. The largest absolute Gasteiger partial charge is 0.478 e. The lowest BCUT2D eigenvalue weighted by atomic mass is 10.1. The van der Waals surface area contributed by atoms with Crippen molar-refractivity contribution in [2.75, 3.05) is 11.1 Å². The zero-order valence-electron chi connectivity index (χ0n) is 10.9. The van der Waals surface area contributed by atoms with Gasteiger partial charge >= 0.3 is 5.97 Å². The van der Waals surface area contributed by atoms with Gasteiger partial charge in [-0.3, -0.25) is 0 Å². The number of nitrogens with two attached hydrogens (primary N) is 1. The number of nitrogens with one attached hydrogen (secondary N) is 1. The van der Waals surface area contributed by atoms with Crippen molar-refractivity contribution in [3.63, 3.8) is 0 Å². The maximum absolute atomic E-state index is 14.0. The van der Waals surface area contributed by atoms with Crippen molar-refractivity contribution in [1.29, 1.82) is 0 Å². The first-order valence-electron chi connectivity index (χ1n) is 5.85. The smallest absolute Gasteiger partial charge is 0.337 e. The molecule has 4 N–H and O–H groups in total. The van der Waals surface area contributed by atoms with Gasteiger partial charge in [0.05, 0.1) is 16.3 Å². The first-order chi connectivity index (χ1) is 9.81. The molecule has 0 aliphatic heterocycles. The van der Waals surface area contributed by atoms with Crippen LogP contribution in [0.4, 0.5) is 25.8 Å². The van der Waals surface area contributed by atoms with Gasteiger partial charge in [0.1, 0.15) is 11.5 Å². The number of halogens is 3.